The second kappa shape index (κ2) is 8.26. The zero-order chi connectivity index (χ0) is 14.1. The molecule has 0 aliphatic heterocycles. The average molecular weight is 265 g/mol. The number of aromatic nitrogens is 1. The quantitative estimate of drug-likeness (QED) is 0.578. The summed E-state index contributed by atoms with van der Waals surface area (Å²) in [5.74, 6) is -0.853. The van der Waals surface area contributed by atoms with Crippen molar-refractivity contribution in [1.29, 1.82) is 0 Å². The highest BCUT2D eigenvalue weighted by atomic mass is 16.5. The summed E-state index contributed by atoms with van der Waals surface area (Å²) in [4.78, 5) is 14.7. The molecule has 0 aliphatic rings. The van der Waals surface area contributed by atoms with E-state index in [9.17, 15) is 4.79 Å². The van der Waals surface area contributed by atoms with Gasteiger partial charge in [0.2, 0.25) is 0 Å². The Morgan fingerprint density at radius 1 is 1.47 bits per heavy atom. The third-order valence-electron chi connectivity index (χ3n) is 2.43. The van der Waals surface area contributed by atoms with Gasteiger partial charge in [-0.1, -0.05) is 19.1 Å². The fourth-order valence-corrected chi connectivity index (χ4v) is 1.51. The lowest BCUT2D eigenvalue weighted by Gasteiger charge is -2.07. The van der Waals surface area contributed by atoms with Crippen LogP contribution in [0.1, 0.15) is 35.8 Å². The second-order valence-corrected chi connectivity index (χ2v) is 3.92. The first-order valence-corrected chi connectivity index (χ1v) is 6.18. The fraction of sp³-hybridized carbons (Fsp3) is 0.429. The molecule has 1 heterocycles. The van der Waals surface area contributed by atoms with Gasteiger partial charge in [0.1, 0.15) is 0 Å². The summed E-state index contributed by atoms with van der Waals surface area (Å²) >= 11 is 0. The number of allylic oxidation sites excluding steroid dienone is 1. The lowest BCUT2D eigenvalue weighted by atomic mass is 10.2. The van der Waals surface area contributed by atoms with Crippen LogP contribution in [0.25, 0.3) is 0 Å². The molecular formula is C14H19NO4. The Labute approximate surface area is 112 Å². The predicted molar refractivity (Wildman–Crippen MR) is 71.5 cm³/mol. The highest BCUT2D eigenvalue weighted by Gasteiger charge is 2.13. The number of rotatable bonds is 8. The van der Waals surface area contributed by atoms with E-state index >= 15 is 0 Å². The maximum absolute atomic E-state index is 10.9. The van der Waals surface area contributed by atoms with Crippen LogP contribution in [0.2, 0.25) is 0 Å². The summed E-state index contributed by atoms with van der Waals surface area (Å²) in [5, 5.41) is 8.90. The van der Waals surface area contributed by atoms with Gasteiger partial charge in [0.15, 0.2) is 11.4 Å². The third-order valence-corrected chi connectivity index (χ3v) is 2.43. The fourth-order valence-electron chi connectivity index (χ4n) is 1.51. The number of methoxy groups -OCH3 is 1. The number of nitrogens with zero attached hydrogens (tertiary/aromatic N) is 1. The predicted octanol–water partition coefficient (Wildman–Crippen LogP) is 2.66. The molecule has 0 saturated carbocycles. The Bertz CT molecular complexity index is 443. The summed E-state index contributed by atoms with van der Waals surface area (Å²) in [7, 11) is 1.42. The SMILES string of the molecule is CC/C=C/CCOCc1cnc(C(=O)O)c(OC)c1. The maximum Gasteiger partial charge on any atom is 0.358 e. The topological polar surface area (TPSA) is 68.7 Å². The smallest absolute Gasteiger partial charge is 0.358 e. The van der Waals surface area contributed by atoms with Gasteiger partial charge in [0.05, 0.1) is 20.3 Å². The van der Waals surface area contributed by atoms with Crippen molar-refractivity contribution in [3.05, 3.63) is 35.7 Å². The summed E-state index contributed by atoms with van der Waals surface area (Å²) < 4.78 is 10.5. The van der Waals surface area contributed by atoms with Crippen LogP contribution in [0.3, 0.4) is 0 Å². The van der Waals surface area contributed by atoms with Crippen molar-refractivity contribution in [1.82, 2.24) is 4.98 Å². The van der Waals surface area contributed by atoms with E-state index in [1.54, 1.807) is 6.07 Å². The van der Waals surface area contributed by atoms with Gasteiger partial charge in [-0.15, -0.1) is 0 Å². The van der Waals surface area contributed by atoms with E-state index < -0.39 is 5.97 Å². The Hall–Kier alpha value is -1.88. The van der Waals surface area contributed by atoms with Crippen molar-refractivity contribution in [2.24, 2.45) is 0 Å². The van der Waals surface area contributed by atoms with Crippen molar-refractivity contribution in [2.45, 2.75) is 26.4 Å². The average Bonchev–Trinajstić information content (AvgIpc) is 2.42. The van der Waals surface area contributed by atoms with E-state index in [1.165, 1.54) is 13.3 Å². The summed E-state index contributed by atoms with van der Waals surface area (Å²) in [6, 6.07) is 1.64. The molecule has 0 fully saturated rings. The lowest BCUT2D eigenvalue weighted by molar-refractivity contribution is 0.0686. The molecule has 0 aliphatic carbocycles. The molecule has 19 heavy (non-hydrogen) atoms. The minimum Gasteiger partial charge on any atom is -0.494 e. The Morgan fingerprint density at radius 2 is 2.26 bits per heavy atom. The summed E-state index contributed by atoms with van der Waals surface area (Å²) in [5.41, 5.74) is 0.707. The Kier molecular flexibility index (Phi) is 6.60. The van der Waals surface area contributed by atoms with Crippen LogP contribution in [-0.4, -0.2) is 29.8 Å². The van der Waals surface area contributed by atoms with Crippen LogP contribution < -0.4 is 4.74 Å². The van der Waals surface area contributed by atoms with Gasteiger partial charge in [-0.25, -0.2) is 9.78 Å². The molecule has 1 N–H and O–H groups in total. The first-order chi connectivity index (χ1) is 9.19. The molecular weight excluding hydrogens is 246 g/mol. The molecule has 0 atom stereocenters. The van der Waals surface area contributed by atoms with E-state index in [1.807, 2.05) is 0 Å². The molecule has 0 spiro atoms. The maximum atomic E-state index is 10.9. The van der Waals surface area contributed by atoms with Gasteiger partial charge < -0.3 is 14.6 Å². The molecule has 0 unspecified atom stereocenters. The third kappa shape index (κ3) is 5.09. The molecule has 1 aromatic rings. The van der Waals surface area contributed by atoms with E-state index in [2.05, 4.69) is 24.1 Å². The van der Waals surface area contributed by atoms with Gasteiger partial charge in [-0.3, -0.25) is 0 Å². The van der Waals surface area contributed by atoms with E-state index in [0.717, 1.165) is 18.4 Å². The number of hydrogen-bond acceptors (Lipinski definition) is 4. The highest BCUT2D eigenvalue weighted by molar-refractivity contribution is 5.88. The second-order valence-electron chi connectivity index (χ2n) is 3.92. The molecule has 0 amide bonds. The lowest BCUT2D eigenvalue weighted by Crippen LogP contribution is -2.05. The normalized spacial score (nSPS) is 10.8. The molecule has 5 heteroatoms. The summed E-state index contributed by atoms with van der Waals surface area (Å²) in [6.45, 7) is 3.10. The van der Waals surface area contributed by atoms with Crippen molar-refractivity contribution < 1.29 is 19.4 Å². The zero-order valence-electron chi connectivity index (χ0n) is 11.3. The standard InChI is InChI=1S/C14H19NO4/c1-3-4-5-6-7-19-10-11-8-12(18-2)13(14(16)17)15-9-11/h4-5,8-9H,3,6-7,10H2,1-2H3,(H,16,17)/b5-4+. The van der Waals surface area contributed by atoms with Gasteiger partial charge in [-0.05, 0) is 24.5 Å². The number of carboxylic acid groups (broad SMARTS) is 1. The molecule has 104 valence electrons. The van der Waals surface area contributed by atoms with Crippen LogP contribution in [0.4, 0.5) is 0 Å². The summed E-state index contributed by atoms with van der Waals surface area (Å²) in [6.07, 6.45) is 7.55. The van der Waals surface area contributed by atoms with Crippen molar-refractivity contribution in [3.63, 3.8) is 0 Å². The van der Waals surface area contributed by atoms with E-state index in [-0.39, 0.29) is 11.4 Å². The molecule has 0 radical (unpaired) electrons. The number of ether oxygens (including phenoxy) is 2. The molecule has 5 nitrogen and oxygen atoms in total. The first-order valence-electron chi connectivity index (χ1n) is 6.18. The molecule has 0 aromatic carbocycles. The van der Waals surface area contributed by atoms with Gasteiger partial charge >= 0.3 is 5.97 Å². The van der Waals surface area contributed by atoms with E-state index in [4.69, 9.17) is 14.6 Å². The Morgan fingerprint density at radius 3 is 2.89 bits per heavy atom. The van der Waals surface area contributed by atoms with Gasteiger partial charge in [0.25, 0.3) is 0 Å². The Balaban J connectivity index is 2.51. The van der Waals surface area contributed by atoms with Gasteiger partial charge in [-0.2, -0.15) is 0 Å². The largest absolute Gasteiger partial charge is 0.494 e. The van der Waals surface area contributed by atoms with Crippen LogP contribution in [0.15, 0.2) is 24.4 Å². The van der Waals surface area contributed by atoms with E-state index in [0.29, 0.717) is 13.2 Å². The molecule has 1 rings (SSSR count). The minimum atomic E-state index is -1.10. The number of aromatic carboxylic acids is 1. The van der Waals surface area contributed by atoms with Crippen LogP contribution in [-0.2, 0) is 11.3 Å². The highest BCUT2D eigenvalue weighted by Crippen LogP contribution is 2.18. The van der Waals surface area contributed by atoms with Crippen LogP contribution >= 0.6 is 0 Å². The monoisotopic (exact) mass is 265 g/mol. The molecule has 0 saturated heterocycles. The van der Waals surface area contributed by atoms with Crippen LogP contribution in [0, 0.1) is 0 Å². The first kappa shape index (κ1) is 15.2. The number of hydrogen-bond donors (Lipinski definition) is 1. The van der Waals surface area contributed by atoms with Crippen molar-refractivity contribution in [3.8, 4) is 5.75 Å². The van der Waals surface area contributed by atoms with Gasteiger partial charge in [0, 0.05) is 6.20 Å². The van der Waals surface area contributed by atoms with Crippen molar-refractivity contribution >= 4 is 5.97 Å². The van der Waals surface area contributed by atoms with Crippen LogP contribution in [0.5, 0.6) is 5.75 Å². The van der Waals surface area contributed by atoms with Crippen molar-refractivity contribution in [2.75, 3.05) is 13.7 Å². The number of pyridine rings is 1. The molecule has 1 aromatic heterocycles. The number of carbonyl (C=O) groups is 1. The molecule has 0 bridgehead atoms. The zero-order valence-corrected chi connectivity index (χ0v) is 11.3. The minimum absolute atomic E-state index is 0.0860. The number of carboxylic acids is 1.